The molecule has 1 saturated carbocycles. The van der Waals surface area contributed by atoms with Crippen molar-refractivity contribution in [3.05, 3.63) is 17.5 Å². The number of hydrogen-bond acceptors (Lipinski definition) is 4. The minimum absolute atomic E-state index is 0.167. The summed E-state index contributed by atoms with van der Waals surface area (Å²) in [7, 11) is -2.94. The normalized spacial score (nSPS) is 16.0. The van der Waals surface area contributed by atoms with Crippen molar-refractivity contribution in [1.82, 2.24) is 15.1 Å². The first-order chi connectivity index (χ1) is 9.43. The number of rotatable bonds is 8. The van der Waals surface area contributed by atoms with E-state index in [2.05, 4.69) is 24.3 Å². The van der Waals surface area contributed by atoms with E-state index in [1.807, 2.05) is 10.9 Å². The van der Waals surface area contributed by atoms with Crippen molar-refractivity contribution >= 4 is 9.84 Å². The van der Waals surface area contributed by atoms with Crippen molar-refractivity contribution in [3.8, 4) is 0 Å². The van der Waals surface area contributed by atoms with Crippen LogP contribution in [-0.2, 0) is 22.9 Å². The largest absolute Gasteiger partial charge is 0.310 e. The van der Waals surface area contributed by atoms with Gasteiger partial charge in [0, 0.05) is 29.6 Å². The van der Waals surface area contributed by atoms with Gasteiger partial charge >= 0.3 is 0 Å². The lowest BCUT2D eigenvalue weighted by Gasteiger charge is -2.13. The molecule has 1 aliphatic rings. The fourth-order valence-electron chi connectivity index (χ4n) is 2.33. The number of nitrogens with zero attached hydrogens (tertiary/aromatic N) is 2. The lowest BCUT2D eigenvalue weighted by Crippen LogP contribution is -2.19. The van der Waals surface area contributed by atoms with Crippen molar-refractivity contribution in [3.63, 3.8) is 0 Å². The zero-order chi connectivity index (χ0) is 14.8. The van der Waals surface area contributed by atoms with Crippen molar-refractivity contribution in [1.29, 1.82) is 0 Å². The van der Waals surface area contributed by atoms with Gasteiger partial charge in [-0.25, -0.2) is 8.42 Å². The van der Waals surface area contributed by atoms with Gasteiger partial charge in [-0.2, -0.15) is 5.10 Å². The van der Waals surface area contributed by atoms with Crippen LogP contribution in [0.2, 0.25) is 0 Å². The minimum Gasteiger partial charge on any atom is -0.310 e. The molecule has 6 heteroatoms. The molecule has 1 heterocycles. The molecule has 5 nitrogen and oxygen atoms in total. The summed E-state index contributed by atoms with van der Waals surface area (Å²) in [5.41, 5.74) is 2.35. The molecular formula is C14H25N3O2S. The van der Waals surface area contributed by atoms with Gasteiger partial charge in [-0.05, 0) is 18.8 Å². The van der Waals surface area contributed by atoms with E-state index >= 15 is 0 Å². The van der Waals surface area contributed by atoms with E-state index in [-0.39, 0.29) is 11.5 Å². The van der Waals surface area contributed by atoms with Crippen LogP contribution in [0, 0.1) is 0 Å². The Kier molecular flexibility index (Phi) is 4.86. The molecule has 1 aromatic rings. The summed E-state index contributed by atoms with van der Waals surface area (Å²) in [6.07, 6.45) is 4.41. The highest BCUT2D eigenvalue weighted by Gasteiger charge is 2.22. The van der Waals surface area contributed by atoms with Crippen molar-refractivity contribution in [2.75, 3.05) is 11.5 Å². The van der Waals surface area contributed by atoms with Crippen molar-refractivity contribution < 1.29 is 8.42 Å². The maximum Gasteiger partial charge on any atom is 0.151 e. The average molecular weight is 299 g/mol. The Morgan fingerprint density at radius 2 is 2.15 bits per heavy atom. The van der Waals surface area contributed by atoms with Crippen LogP contribution in [0.4, 0.5) is 0 Å². The minimum atomic E-state index is -2.94. The fraction of sp³-hybridized carbons (Fsp3) is 0.786. The summed E-state index contributed by atoms with van der Waals surface area (Å²) in [4.78, 5) is 0. The lowest BCUT2D eigenvalue weighted by atomic mass is 10.1. The summed E-state index contributed by atoms with van der Waals surface area (Å²) in [6, 6.07) is 0.666. The predicted octanol–water partition coefficient (Wildman–Crippen LogP) is 1.69. The second-order valence-corrected chi connectivity index (χ2v) is 8.30. The first-order valence-electron chi connectivity index (χ1n) is 7.41. The van der Waals surface area contributed by atoms with Crippen LogP contribution in [0.3, 0.4) is 0 Å². The van der Waals surface area contributed by atoms with E-state index in [0.717, 1.165) is 12.2 Å². The van der Waals surface area contributed by atoms with Gasteiger partial charge in [-0.15, -0.1) is 0 Å². The first-order valence-corrected chi connectivity index (χ1v) is 9.23. The van der Waals surface area contributed by atoms with Crippen LogP contribution in [0.15, 0.2) is 6.20 Å². The summed E-state index contributed by atoms with van der Waals surface area (Å²) >= 11 is 0. The van der Waals surface area contributed by atoms with Gasteiger partial charge in [0.15, 0.2) is 9.84 Å². The smallest absolute Gasteiger partial charge is 0.151 e. The fourth-order valence-corrected chi connectivity index (χ4v) is 3.07. The van der Waals surface area contributed by atoms with Gasteiger partial charge in [0.2, 0.25) is 0 Å². The zero-order valence-electron chi connectivity index (χ0n) is 12.6. The van der Waals surface area contributed by atoms with E-state index in [9.17, 15) is 8.42 Å². The Labute approximate surface area is 121 Å². The van der Waals surface area contributed by atoms with E-state index in [1.165, 1.54) is 18.4 Å². The van der Waals surface area contributed by atoms with Gasteiger partial charge in [0.05, 0.1) is 18.5 Å². The molecule has 20 heavy (non-hydrogen) atoms. The van der Waals surface area contributed by atoms with Gasteiger partial charge in [-0.1, -0.05) is 20.8 Å². The molecule has 0 spiro atoms. The molecule has 0 radical (unpaired) electrons. The Bertz CT molecular complexity index is 545. The Morgan fingerprint density at radius 1 is 1.45 bits per heavy atom. The third kappa shape index (κ3) is 4.06. The Hall–Kier alpha value is -0.880. The van der Waals surface area contributed by atoms with E-state index in [0.29, 0.717) is 18.5 Å². The summed E-state index contributed by atoms with van der Waals surface area (Å²) in [5.74, 6) is 0.708. The van der Waals surface area contributed by atoms with Gasteiger partial charge in [-0.3, -0.25) is 4.68 Å². The topological polar surface area (TPSA) is 64.0 Å². The second-order valence-electron chi connectivity index (χ2n) is 5.82. The van der Waals surface area contributed by atoms with Gasteiger partial charge in [0.25, 0.3) is 0 Å². The first kappa shape index (κ1) is 15.5. The van der Waals surface area contributed by atoms with Crippen LogP contribution in [0.1, 0.15) is 50.8 Å². The zero-order valence-corrected chi connectivity index (χ0v) is 13.4. The monoisotopic (exact) mass is 299 g/mol. The average Bonchev–Trinajstić information content (AvgIpc) is 3.13. The Balaban J connectivity index is 2.07. The quantitative estimate of drug-likeness (QED) is 0.793. The SMILES string of the molecule is CCS(=O)(=O)CCn1ncc(CNC2CC2)c1C(C)C. The highest BCUT2D eigenvalue weighted by atomic mass is 32.2. The van der Waals surface area contributed by atoms with Crippen LogP contribution in [0.25, 0.3) is 0 Å². The van der Waals surface area contributed by atoms with Crippen LogP contribution >= 0.6 is 0 Å². The highest BCUT2D eigenvalue weighted by molar-refractivity contribution is 7.91. The number of sulfone groups is 1. The van der Waals surface area contributed by atoms with Crippen LogP contribution < -0.4 is 5.32 Å². The molecule has 0 unspecified atom stereocenters. The van der Waals surface area contributed by atoms with Crippen LogP contribution in [-0.4, -0.2) is 35.7 Å². The molecule has 0 amide bonds. The van der Waals surface area contributed by atoms with Gasteiger partial charge < -0.3 is 5.32 Å². The molecule has 0 atom stereocenters. The van der Waals surface area contributed by atoms with Crippen LogP contribution in [0.5, 0.6) is 0 Å². The summed E-state index contributed by atoms with van der Waals surface area (Å²) in [6.45, 7) is 7.23. The summed E-state index contributed by atoms with van der Waals surface area (Å²) < 4.78 is 25.1. The predicted molar refractivity (Wildman–Crippen MR) is 80.5 cm³/mol. The molecule has 1 aromatic heterocycles. The molecule has 1 aliphatic carbocycles. The standard InChI is InChI=1S/C14H25N3O2S/c1-4-20(18,19)8-7-17-14(11(2)3)12(10-16-17)9-15-13-5-6-13/h10-11,13,15H,4-9H2,1-3H3. The lowest BCUT2D eigenvalue weighted by molar-refractivity contribution is 0.564. The molecular weight excluding hydrogens is 274 g/mol. The van der Waals surface area contributed by atoms with Crippen molar-refractivity contribution in [2.24, 2.45) is 0 Å². The number of aryl methyl sites for hydroxylation is 1. The highest BCUT2D eigenvalue weighted by Crippen LogP contribution is 2.23. The third-order valence-electron chi connectivity index (χ3n) is 3.72. The van der Waals surface area contributed by atoms with E-state index in [1.54, 1.807) is 6.92 Å². The number of nitrogens with one attached hydrogen (secondary N) is 1. The van der Waals surface area contributed by atoms with E-state index < -0.39 is 9.84 Å². The molecule has 1 N–H and O–H groups in total. The molecule has 0 aliphatic heterocycles. The molecule has 0 aromatic carbocycles. The van der Waals surface area contributed by atoms with Crippen molar-refractivity contribution in [2.45, 2.75) is 58.7 Å². The second kappa shape index (κ2) is 6.26. The molecule has 0 saturated heterocycles. The van der Waals surface area contributed by atoms with Gasteiger partial charge in [0.1, 0.15) is 0 Å². The molecule has 114 valence electrons. The Morgan fingerprint density at radius 3 is 2.70 bits per heavy atom. The third-order valence-corrected chi connectivity index (χ3v) is 5.40. The van der Waals surface area contributed by atoms with E-state index in [4.69, 9.17) is 0 Å². The molecule has 0 bridgehead atoms. The number of hydrogen-bond donors (Lipinski definition) is 1. The molecule has 2 rings (SSSR count). The maximum absolute atomic E-state index is 11.6. The summed E-state index contributed by atoms with van der Waals surface area (Å²) in [5, 5.41) is 7.88. The molecule has 1 fully saturated rings. The maximum atomic E-state index is 11.6. The number of aromatic nitrogens is 2.